The van der Waals surface area contributed by atoms with Gasteiger partial charge in [0.1, 0.15) is 11.8 Å². The second kappa shape index (κ2) is 8.10. The maximum atomic E-state index is 13.0. The van der Waals surface area contributed by atoms with Crippen molar-refractivity contribution in [3.05, 3.63) is 101 Å². The smallest absolute Gasteiger partial charge is 0.417 e. The van der Waals surface area contributed by atoms with Crippen LogP contribution in [0.15, 0.2) is 77.7 Å². The third-order valence-electron chi connectivity index (χ3n) is 4.78. The molecule has 0 aliphatic heterocycles. The molecule has 31 heavy (non-hydrogen) atoms. The molecule has 0 saturated carbocycles. The number of carbonyl (C=O) groups is 1. The van der Waals surface area contributed by atoms with Crippen molar-refractivity contribution >= 4 is 5.91 Å². The summed E-state index contributed by atoms with van der Waals surface area (Å²) in [6.07, 6.45) is -0.863. The van der Waals surface area contributed by atoms with Crippen molar-refractivity contribution in [3.8, 4) is 5.82 Å². The van der Waals surface area contributed by atoms with E-state index in [4.69, 9.17) is 4.42 Å². The Bertz CT molecular complexity index is 1170. The molecule has 0 saturated heterocycles. The molecule has 0 aliphatic carbocycles. The molecule has 3 heterocycles. The SMILES string of the molecule is Cc1c(C(=O)NC(c2ccccc2)c2ccco2)cnn1-c1ccc(C(F)(F)F)cn1. The highest BCUT2D eigenvalue weighted by atomic mass is 19.4. The van der Waals surface area contributed by atoms with E-state index in [9.17, 15) is 18.0 Å². The first-order valence-electron chi connectivity index (χ1n) is 9.32. The molecule has 3 aromatic heterocycles. The zero-order chi connectivity index (χ0) is 22.0. The third-order valence-corrected chi connectivity index (χ3v) is 4.78. The van der Waals surface area contributed by atoms with Crippen LogP contribution in [-0.2, 0) is 6.18 Å². The van der Waals surface area contributed by atoms with Crippen LogP contribution in [-0.4, -0.2) is 20.7 Å². The van der Waals surface area contributed by atoms with Gasteiger partial charge in [-0.2, -0.15) is 18.3 Å². The van der Waals surface area contributed by atoms with Gasteiger partial charge in [0.2, 0.25) is 0 Å². The Morgan fingerprint density at radius 3 is 2.45 bits per heavy atom. The molecule has 1 N–H and O–H groups in total. The molecule has 9 heteroatoms. The van der Waals surface area contributed by atoms with Gasteiger partial charge >= 0.3 is 6.18 Å². The zero-order valence-electron chi connectivity index (χ0n) is 16.3. The van der Waals surface area contributed by atoms with Crippen LogP contribution in [0, 0.1) is 6.92 Å². The fourth-order valence-corrected chi connectivity index (χ4v) is 3.17. The Morgan fingerprint density at radius 2 is 1.84 bits per heavy atom. The number of carbonyl (C=O) groups excluding carboxylic acids is 1. The minimum absolute atomic E-state index is 0.176. The van der Waals surface area contributed by atoms with Crippen LogP contribution >= 0.6 is 0 Å². The maximum absolute atomic E-state index is 13.0. The number of nitrogens with one attached hydrogen (secondary N) is 1. The van der Waals surface area contributed by atoms with E-state index < -0.39 is 23.7 Å². The monoisotopic (exact) mass is 426 g/mol. The van der Waals surface area contributed by atoms with Crippen LogP contribution in [0.4, 0.5) is 13.2 Å². The number of aromatic nitrogens is 3. The number of amides is 1. The number of rotatable bonds is 5. The number of benzene rings is 1. The van der Waals surface area contributed by atoms with Gasteiger partial charge in [0.15, 0.2) is 5.82 Å². The number of alkyl halides is 3. The minimum Gasteiger partial charge on any atom is -0.467 e. The van der Waals surface area contributed by atoms with Crippen LogP contribution < -0.4 is 5.32 Å². The molecular formula is C22H17F3N4O2. The van der Waals surface area contributed by atoms with Crippen molar-refractivity contribution in [2.45, 2.75) is 19.1 Å². The summed E-state index contributed by atoms with van der Waals surface area (Å²) in [5, 5.41) is 7.06. The Balaban J connectivity index is 1.60. The summed E-state index contributed by atoms with van der Waals surface area (Å²) in [5.74, 6) is 0.338. The Hall–Kier alpha value is -3.88. The van der Waals surface area contributed by atoms with Gasteiger partial charge in [0.05, 0.1) is 29.3 Å². The van der Waals surface area contributed by atoms with E-state index in [1.54, 1.807) is 19.1 Å². The second-order valence-electron chi connectivity index (χ2n) is 6.79. The molecular weight excluding hydrogens is 409 g/mol. The van der Waals surface area contributed by atoms with Crippen LogP contribution in [0.2, 0.25) is 0 Å². The average Bonchev–Trinajstić information content (AvgIpc) is 3.42. The summed E-state index contributed by atoms with van der Waals surface area (Å²) in [4.78, 5) is 16.8. The van der Waals surface area contributed by atoms with E-state index in [2.05, 4.69) is 15.4 Å². The fourth-order valence-electron chi connectivity index (χ4n) is 3.17. The highest BCUT2D eigenvalue weighted by Crippen LogP contribution is 2.29. The van der Waals surface area contributed by atoms with Gasteiger partial charge in [-0.05, 0) is 36.8 Å². The zero-order valence-corrected chi connectivity index (χ0v) is 16.3. The highest BCUT2D eigenvalue weighted by molar-refractivity contribution is 5.95. The summed E-state index contributed by atoms with van der Waals surface area (Å²) < 4.78 is 45.1. The van der Waals surface area contributed by atoms with Crippen molar-refractivity contribution in [3.63, 3.8) is 0 Å². The molecule has 0 radical (unpaired) electrons. The number of nitrogens with zero attached hydrogens (tertiary/aromatic N) is 3. The topological polar surface area (TPSA) is 73.0 Å². The van der Waals surface area contributed by atoms with Crippen molar-refractivity contribution in [2.24, 2.45) is 0 Å². The standard InChI is InChI=1S/C22H17F3N4O2/c1-14-17(13-27-29(14)19-10-9-16(12-26-19)22(23,24)25)21(30)28-20(18-8-5-11-31-18)15-6-3-2-4-7-15/h2-13,20H,1H3,(H,28,30). The number of pyridine rings is 1. The van der Waals surface area contributed by atoms with Crippen LogP contribution in [0.3, 0.4) is 0 Å². The lowest BCUT2D eigenvalue weighted by atomic mass is 10.0. The normalized spacial score (nSPS) is 12.5. The number of hydrogen-bond acceptors (Lipinski definition) is 4. The van der Waals surface area contributed by atoms with Crippen molar-refractivity contribution in [1.29, 1.82) is 0 Å². The van der Waals surface area contributed by atoms with E-state index in [-0.39, 0.29) is 11.4 Å². The molecule has 1 unspecified atom stereocenters. The molecule has 4 rings (SSSR count). The van der Waals surface area contributed by atoms with Gasteiger partial charge < -0.3 is 9.73 Å². The van der Waals surface area contributed by atoms with Crippen molar-refractivity contribution < 1.29 is 22.4 Å². The molecule has 0 spiro atoms. The second-order valence-corrected chi connectivity index (χ2v) is 6.79. The van der Waals surface area contributed by atoms with E-state index in [0.717, 1.165) is 17.8 Å². The lowest BCUT2D eigenvalue weighted by Gasteiger charge is -2.17. The molecule has 0 fully saturated rings. The Morgan fingerprint density at radius 1 is 1.06 bits per heavy atom. The van der Waals surface area contributed by atoms with E-state index in [1.165, 1.54) is 23.2 Å². The summed E-state index contributed by atoms with van der Waals surface area (Å²) in [7, 11) is 0. The summed E-state index contributed by atoms with van der Waals surface area (Å²) in [6.45, 7) is 1.64. The summed E-state index contributed by atoms with van der Waals surface area (Å²) >= 11 is 0. The molecule has 158 valence electrons. The number of hydrogen-bond donors (Lipinski definition) is 1. The van der Waals surface area contributed by atoms with Gasteiger partial charge in [0.25, 0.3) is 5.91 Å². The first kappa shape index (κ1) is 20.4. The van der Waals surface area contributed by atoms with Crippen LogP contribution in [0.5, 0.6) is 0 Å². The lowest BCUT2D eigenvalue weighted by molar-refractivity contribution is -0.137. The number of halogens is 3. The maximum Gasteiger partial charge on any atom is 0.417 e. The summed E-state index contributed by atoms with van der Waals surface area (Å²) in [6, 6.07) is 14.4. The molecule has 1 amide bonds. The predicted molar refractivity (Wildman–Crippen MR) is 106 cm³/mol. The first-order valence-corrected chi connectivity index (χ1v) is 9.32. The van der Waals surface area contributed by atoms with E-state index in [1.807, 2.05) is 30.3 Å². The van der Waals surface area contributed by atoms with Crippen LogP contribution in [0.1, 0.15) is 39.0 Å². The van der Waals surface area contributed by atoms with Gasteiger partial charge in [0, 0.05) is 6.20 Å². The van der Waals surface area contributed by atoms with E-state index >= 15 is 0 Å². The molecule has 6 nitrogen and oxygen atoms in total. The van der Waals surface area contributed by atoms with Crippen LogP contribution in [0.25, 0.3) is 5.82 Å². The highest BCUT2D eigenvalue weighted by Gasteiger charge is 2.31. The van der Waals surface area contributed by atoms with Gasteiger partial charge in [-0.25, -0.2) is 9.67 Å². The Labute approximate surface area is 175 Å². The lowest BCUT2D eigenvalue weighted by Crippen LogP contribution is -2.29. The van der Waals surface area contributed by atoms with E-state index in [0.29, 0.717) is 11.5 Å². The Kier molecular flexibility index (Phi) is 5.33. The largest absolute Gasteiger partial charge is 0.467 e. The van der Waals surface area contributed by atoms with Gasteiger partial charge in [-0.1, -0.05) is 30.3 Å². The fraction of sp³-hybridized carbons (Fsp3) is 0.136. The van der Waals surface area contributed by atoms with Gasteiger partial charge in [-0.15, -0.1) is 0 Å². The minimum atomic E-state index is -4.48. The molecule has 0 aliphatic rings. The van der Waals surface area contributed by atoms with Crippen molar-refractivity contribution in [1.82, 2.24) is 20.1 Å². The number of furan rings is 1. The van der Waals surface area contributed by atoms with Crippen molar-refractivity contribution in [2.75, 3.05) is 0 Å². The van der Waals surface area contributed by atoms with Gasteiger partial charge in [-0.3, -0.25) is 4.79 Å². The molecule has 0 bridgehead atoms. The summed E-state index contributed by atoms with van der Waals surface area (Å²) in [5.41, 5.74) is 0.689. The predicted octanol–water partition coefficient (Wildman–Crippen LogP) is 4.71. The molecule has 1 atom stereocenters. The first-order chi connectivity index (χ1) is 14.8. The average molecular weight is 426 g/mol. The third kappa shape index (κ3) is 4.20. The molecule has 1 aromatic carbocycles. The quantitative estimate of drug-likeness (QED) is 0.502. The molecule has 4 aromatic rings.